The van der Waals surface area contributed by atoms with Gasteiger partial charge in [-0.2, -0.15) is 0 Å². The minimum atomic E-state index is -0.452. The number of amides is 1. The Kier molecular flexibility index (Phi) is 6.57. The molecule has 0 aliphatic carbocycles. The zero-order chi connectivity index (χ0) is 19.6. The Balaban J connectivity index is 1.68. The molecule has 2 aromatic carbocycles. The third-order valence-corrected chi connectivity index (χ3v) is 5.39. The maximum Gasteiger partial charge on any atom is 0.258 e. The van der Waals surface area contributed by atoms with Gasteiger partial charge in [0.15, 0.2) is 10.2 Å². The summed E-state index contributed by atoms with van der Waals surface area (Å²) in [5.74, 6) is -0.452. The lowest BCUT2D eigenvalue weighted by molar-refractivity contribution is 0.0978. The summed E-state index contributed by atoms with van der Waals surface area (Å²) >= 11 is 30.4. The fourth-order valence-corrected chi connectivity index (χ4v) is 4.09. The zero-order valence-corrected chi connectivity index (χ0v) is 17.9. The molecule has 1 heterocycles. The molecule has 0 atom stereocenters. The number of hydrogen-bond donors (Lipinski definition) is 2. The summed E-state index contributed by atoms with van der Waals surface area (Å²) in [4.78, 5) is 16.7. The SMILES string of the molecule is O=C(NC(=S)Nc1nc(-c2ccc(Cl)cc2Cl)cs1)c1ccc(Cl)cc1Cl. The summed E-state index contributed by atoms with van der Waals surface area (Å²) in [6, 6.07) is 9.74. The van der Waals surface area contributed by atoms with E-state index in [9.17, 15) is 4.79 Å². The summed E-state index contributed by atoms with van der Waals surface area (Å²) in [5, 5.41) is 9.53. The van der Waals surface area contributed by atoms with Crippen LogP contribution in [0.2, 0.25) is 20.1 Å². The number of rotatable bonds is 3. The average molecular weight is 477 g/mol. The standard InChI is InChI=1S/C17H9Cl4N3OS2/c18-8-1-3-10(12(20)5-8)14-7-27-17(22-14)24-16(26)23-15(25)11-4-2-9(19)6-13(11)21/h1-7H,(H2,22,23,24,25,26). The number of nitrogens with zero attached hydrogens (tertiary/aromatic N) is 1. The van der Waals surface area contributed by atoms with E-state index in [0.29, 0.717) is 25.9 Å². The van der Waals surface area contributed by atoms with E-state index in [4.69, 9.17) is 58.6 Å². The van der Waals surface area contributed by atoms with Crippen molar-refractivity contribution in [3.8, 4) is 11.3 Å². The van der Waals surface area contributed by atoms with Crippen LogP contribution in [0.25, 0.3) is 11.3 Å². The van der Waals surface area contributed by atoms with Crippen molar-refractivity contribution in [3.05, 3.63) is 67.4 Å². The molecule has 0 bridgehead atoms. The second kappa shape index (κ2) is 8.73. The highest BCUT2D eigenvalue weighted by atomic mass is 35.5. The molecule has 0 aliphatic heterocycles. The van der Waals surface area contributed by atoms with Crippen molar-refractivity contribution in [3.63, 3.8) is 0 Å². The van der Waals surface area contributed by atoms with Crippen molar-refractivity contribution in [1.82, 2.24) is 10.3 Å². The molecule has 4 nitrogen and oxygen atoms in total. The first-order valence-electron chi connectivity index (χ1n) is 7.32. The van der Waals surface area contributed by atoms with Crippen LogP contribution in [-0.2, 0) is 0 Å². The van der Waals surface area contributed by atoms with Crippen LogP contribution in [-0.4, -0.2) is 16.0 Å². The van der Waals surface area contributed by atoms with Crippen LogP contribution in [0.15, 0.2) is 41.8 Å². The lowest BCUT2D eigenvalue weighted by atomic mass is 10.2. The molecule has 1 aromatic heterocycles. The van der Waals surface area contributed by atoms with Crippen molar-refractivity contribution in [2.45, 2.75) is 0 Å². The lowest BCUT2D eigenvalue weighted by Crippen LogP contribution is -2.34. The van der Waals surface area contributed by atoms with Crippen LogP contribution in [0.3, 0.4) is 0 Å². The highest BCUT2D eigenvalue weighted by molar-refractivity contribution is 7.80. The maximum atomic E-state index is 12.3. The fourth-order valence-electron chi connectivity index (χ4n) is 2.12. The molecule has 138 valence electrons. The summed E-state index contributed by atoms with van der Waals surface area (Å²) in [5.41, 5.74) is 1.67. The minimum absolute atomic E-state index is 0.0918. The summed E-state index contributed by atoms with van der Waals surface area (Å²) < 4.78 is 0. The minimum Gasteiger partial charge on any atom is -0.308 e. The molecule has 0 saturated heterocycles. The highest BCUT2D eigenvalue weighted by Crippen LogP contribution is 2.32. The van der Waals surface area contributed by atoms with Crippen LogP contribution in [0.1, 0.15) is 10.4 Å². The molecule has 0 unspecified atom stereocenters. The summed E-state index contributed by atoms with van der Waals surface area (Å²) in [7, 11) is 0. The smallest absolute Gasteiger partial charge is 0.258 e. The van der Waals surface area contributed by atoms with Gasteiger partial charge in [-0.1, -0.05) is 46.4 Å². The topological polar surface area (TPSA) is 54.0 Å². The number of halogens is 4. The first kappa shape index (κ1) is 20.3. The van der Waals surface area contributed by atoms with E-state index >= 15 is 0 Å². The number of benzene rings is 2. The van der Waals surface area contributed by atoms with Gasteiger partial charge in [0, 0.05) is 21.0 Å². The largest absolute Gasteiger partial charge is 0.308 e. The first-order chi connectivity index (χ1) is 12.8. The molecule has 0 fully saturated rings. The van der Waals surface area contributed by atoms with E-state index < -0.39 is 5.91 Å². The van der Waals surface area contributed by atoms with Gasteiger partial charge in [-0.3, -0.25) is 10.1 Å². The van der Waals surface area contributed by atoms with Crippen LogP contribution in [0, 0.1) is 0 Å². The monoisotopic (exact) mass is 475 g/mol. The second-order valence-electron chi connectivity index (χ2n) is 5.19. The van der Waals surface area contributed by atoms with Crippen LogP contribution < -0.4 is 10.6 Å². The van der Waals surface area contributed by atoms with E-state index in [1.54, 1.807) is 24.3 Å². The van der Waals surface area contributed by atoms with Gasteiger partial charge < -0.3 is 5.32 Å². The number of carbonyl (C=O) groups is 1. The predicted molar refractivity (Wildman–Crippen MR) is 118 cm³/mol. The average Bonchev–Trinajstić information content (AvgIpc) is 3.02. The second-order valence-corrected chi connectivity index (χ2v) is 8.15. The molecule has 0 spiro atoms. The molecule has 1 amide bonds. The number of anilines is 1. The normalized spacial score (nSPS) is 10.5. The van der Waals surface area contributed by atoms with Gasteiger partial charge in [0.05, 0.1) is 21.3 Å². The lowest BCUT2D eigenvalue weighted by Gasteiger charge is -2.08. The third-order valence-electron chi connectivity index (χ3n) is 3.33. The molecule has 0 saturated carbocycles. The predicted octanol–water partition coefficient (Wildman–Crippen LogP) is 6.55. The Morgan fingerprint density at radius 1 is 1.00 bits per heavy atom. The van der Waals surface area contributed by atoms with Crippen LogP contribution in [0.5, 0.6) is 0 Å². The van der Waals surface area contributed by atoms with Gasteiger partial charge in [0.25, 0.3) is 5.91 Å². The molecule has 0 radical (unpaired) electrons. The first-order valence-corrected chi connectivity index (χ1v) is 10.1. The Bertz CT molecular complexity index is 1040. The Labute approximate surface area is 184 Å². The van der Waals surface area contributed by atoms with Gasteiger partial charge >= 0.3 is 0 Å². The Morgan fingerprint density at radius 2 is 1.67 bits per heavy atom. The molecular weight excluding hydrogens is 468 g/mol. The van der Waals surface area contributed by atoms with Crippen molar-refractivity contribution in [2.75, 3.05) is 5.32 Å². The molecule has 3 aromatic rings. The number of carbonyl (C=O) groups excluding carboxylic acids is 1. The zero-order valence-electron chi connectivity index (χ0n) is 13.2. The van der Waals surface area contributed by atoms with E-state index in [1.807, 2.05) is 5.38 Å². The van der Waals surface area contributed by atoms with Crippen molar-refractivity contribution in [2.24, 2.45) is 0 Å². The fraction of sp³-hybridized carbons (Fsp3) is 0. The molecule has 3 rings (SSSR count). The molecule has 10 heteroatoms. The van der Waals surface area contributed by atoms with E-state index in [2.05, 4.69) is 15.6 Å². The number of thiocarbonyl (C=S) groups is 1. The Hall–Kier alpha value is -1.41. The van der Waals surface area contributed by atoms with E-state index in [-0.39, 0.29) is 15.7 Å². The quantitative estimate of drug-likeness (QED) is 0.420. The molecule has 0 aliphatic rings. The number of aromatic nitrogens is 1. The molecule has 2 N–H and O–H groups in total. The van der Waals surface area contributed by atoms with Crippen LogP contribution in [0.4, 0.5) is 5.13 Å². The Morgan fingerprint density at radius 3 is 2.33 bits per heavy atom. The maximum absolute atomic E-state index is 12.3. The van der Waals surface area contributed by atoms with Gasteiger partial charge in [0.2, 0.25) is 0 Å². The molecular formula is C17H9Cl4N3OS2. The highest BCUT2D eigenvalue weighted by Gasteiger charge is 2.14. The van der Waals surface area contributed by atoms with Crippen LogP contribution >= 0.6 is 70.0 Å². The summed E-state index contributed by atoms with van der Waals surface area (Å²) in [6.45, 7) is 0. The number of hydrogen-bond acceptors (Lipinski definition) is 4. The van der Waals surface area contributed by atoms with E-state index in [1.165, 1.54) is 23.5 Å². The van der Waals surface area contributed by atoms with Gasteiger partial charge in [0.1, 0.15) is 0 Å². The summed E-state index contributed by atoms with van der Waals surface area (Å²) in [6.07, 6.45) is 0. The third kappa shape index (κ3) is 5.10. The van der Waals surface area contributed by atoms with Gasteiger partial charge in [-0.25, -0.2) is 4.98 Å². The number of nitrogens with one attached hydrogen (secondary N) is 2. The van der Waals surface area contributed by atoms with Gasteiger partial charge in [-0.05, 0) is 48.6 Å². The number of thiazole rings is 1. The van der Waals surface area contributed by atoms with Crippen molar-refractivity contribution < 1.29 is 4.79 Å². The van der Waals surface area contributed by atoms with Gasteiger partial charge in [-0.15, -0.1) is 11.3 Å². The molecule has 27 heavy (non-hydrogen) atoms. The van der Waals surface area contributed by atoms with Crippen molar-refractivity contribution in [1.29, 1.82) is 0 Å². The van der Waals surface area contributed by atoms with Crippen molar-refractivity contribution >= 4 is 86.1 Å². The van der Waals surface area contributed by atoms with E-state index in [0.717, 1.165) is 5.56 Å².